The molecule has 1 N–H and O–H groups in total. The zero-order valence-electron chi connectivity index (χ0n) is 8.62. The molecule has 6 heteroatoms. The van der Waals surface area contributed by atoms with Crippen molar-refractivity contribution in [2.24, 2.45) is 0 Å². The van der Waals surface area contributed by atoms with Crippen LogP contribution in [0.3, 0.4) is 0 Å². The van der Waals surface area contributed by atoms with Crippen LogP contribution in [0.1, 0.15) is 13.3 Å². The van der Waals surface area contributed by atoms with Crippen molar-refractivity contribution in [2.75, 3.05) is 0 Å². The summed E-state index contributed by atoms with van der Waals surface area (Å²) in [6.07, 6.45) is -0.587. The highest BCUT2D eigenvalue weighted by Crippen LogP contribution is 2.18. The number of benzene rings is 1. The van der Waals surface area contributed by atoms with E-state index >= 15 is 0 Å². The van der Waals surface area contributed by atoms with Crippen LogP contribution in [-0.4, -0.2) is 22.1 Å². The van der Waals surface area contributed by atoms with E-state index in [-0.39, 0.29) is 12.1 Å². The fraction of sp³-hybridized carbons (Fsp3) is 0.300. The summed E-state index contributed by atoms with van der Waals surface area (Å²) >= 11 is 0. The summed E-state index contributed by atoms with van der Waals surface area (Å²) in [4.78, 5) is 20.2. The van der Waals surface area contributed by atoms with Gasteiger partial charge in [0.05, 0.1) is 11.3 Å². The molecule has 0 aliphatic rings. The number of carboxylic acids is 1. The molecule has 16 heavy (non-hydrogen) atoms. The minimum atomic E-state index is -0.950. The Labute approximate surface area is 91.6 Å². The van der Waals surface area contributed by atoms with Crippen molar-refractivity contribution in [3.8, 4) is 5.75 Å². The predicted molar refractivity (Wildman–Crippen MR) is 55.4 cm³/mol. The quantitative estimate of drug-likeness (QED) is 0.609. The summed E-state index contributed by atoms with van der Waals surface area (Å²) in [6, 6.07) is 5.50. The third-order valence-electron chi connectivity index (χ3n) is 1.85. The van der Waals surface area contributed by atoms with E-state index in [1.165, 1.54) is 24.3 Å². The number of ether oxygens (including phenoxy) is 1. The molecule has 6 nitrogen and oxygen atoms in total. The Kier molecular flexibility index (Phi) is 3.82. The van der Waals surface area contributed by atoms with Crippen molar-refractivity contribution in [2.45, 2.75) is 19.4 Å². The van der Waals surface area contributed by atoms with Gasteiger partial charge in [0.2, 0.25) is 0 Å². The zero-order chi connectivity index (χ0) is 12.1. The van der Waals surface area contributed by atoms with Crippen LogP contribution in [0.25, 0.3) is 0 Å². The third kappa shape index (κ3) is 3.56. The Morgan fingerprint density at radius 3 is 2.50 bits per heavy atom. The first-order valence-corrected chi connectivity index (χ1v) is 4.62. The van der Waals surface area contributed by atoms with Gasteiger partial charge >= 0.3 is 5.97 Å². The fourth-order valence-electron chi connectivity index (χ4n) is 1.17. The minimum Gasteiger partial charge on any atom is -0.490 e. The summed E-state index contributed by atoms with van der Waals surface area (Å²) in [5, 5.41) is 18.9. The molecule has 0 bridgehead atoms. The van der Waals surface area contributed by atoms with Crippen molar-refractivity contribution in [1.29, 1.82) is 0 Å². The van der Waals surface area contributed by atoms with Crippen molar-refractivity contribution in [3.05, 3.63) is 34.4 Å². The summed E-state index contributed by atoms with van der Waals surface area (Å²) in [6.45, 7) is 1.62. The standard InChI is InChI=1S/C10H11NO5/c1-7(6-10(12)13)16-9-4-2-8(3-5-9)11(14)15/h2-5,7H,6H2,1H3,(H,12,13)/t7-/m1/s1. The molecule has 0 saturated carbocycles. The molecule has 86 valence electrons. The van der Waals surface area contributed by atoms with Crippen molar-refractivity contribution >= 4 is 11.7 Å². The molecular formula is C10H11NO5. The number of carboxylic acid groups (broad SMARTS) is 1. The number of non-ortho nitro benzene ring substituents is 1. The number of aliphatic carboxylic acids is 1. The van der Waals surface area contributed by atoms with Gasteiger partial charge in [0.1, 0.15) is 11.9 Å². The summed E-state index contributed by atoms with van der Waals surface area (Å²) < 4.78 is 5.26. The van der Waals surface area contributed by atoms with E-state index < -0.39 is 17.0 Å². The van der Waals surface area contributed by atoms with Gasteiger partial charge in [-0.25, -0.2) is 0 Å². The fourth-order valence-corrected chi connectivity index (χ4v) is 1.17. The SMILES string of the molecule is C[C@H](CC(=O)O)Oc1ccc([N+](=O)[O-])cc1. The Morgan fingerprint density at radius 2 is 2.06 bits per heavy atom. The highest BCUT2D eigenvalue weighted by molar-refractivity contribution is 5.67. The number of hydrogen-bond acceptors (Lipinski definition) is 4. The molecule has 0 radical (unpaired) electrons. The molecule has 0 saturated heterocycles. The van der Waals surface area contributed by atoms with Crippen LogP contribution >= 0.6 is 0 Å². The van der Waals surface area contributed by atoms with Crippen LogP contribution < -0.4 is 4.74 Å². The largest absolute Gasteiger partial charge is 0.490 e. The van der Waals surface area contributed by atoms with Crippen molar-refractivity contribution in [1.82, 2.24) is 0 Å². The second-order valence-corrected chi connectivity index (χ2v) is 3.28. The molecule has 0 heterocycles. The molecule has 1 aromatic rings. The molecule has 1 atom stereocenters. The van der Waals surface area contributed by atoms with Gasteiger partial charge in [-0.1, -0.05) is 0 Å². The van der Waals surface area contributed by atoms with Crippen LogP contribution in [0.5, 0.6) is 5.75 Å². The number of rotatable bonds is 5. The molecule has 0 fully saturated rings. The Balaban J connectivity index is 2.61. The highest BCUT2D eigenvalue weighted by Gasteiger charge is 2.10. The lowest BCUT2D eigenvalue weighted by Crippen LogP contribution is -2.16. The lowest BCUT2D eigenvalue weighted by atomic mass is 10.2. The maximum Gasteiger partial charge on any atom is 0.307 e. The predicted octanol–water partition coefficient (Wildman–Crippen LogP) is 1.84. The van der Waals surface area contributed by atoms with Crippen LogP contribution in [-0.2, 0) is 4.79 Å². The molecule has 0 aliphatic carbocycles. The third-order valence-corrected chi connectivity index (χ3v) is 1.85. The van der Waals surface area contributed by atoms with E-state index in [0.717, 1.165) is 0 Å². The maximum atomic E-state index is 10.4. The molecule has 0 unspecified atom stereocenters. The molecular weight excluding hydrogens is 214 g/mol. The molecule has 1 rings (SSSR count). The van der Waals surface area contributed by atoms with Gasteiger partial charge in [-0.05, 0) is 19.1 Å². The van der Waals surface area contributed by atoms with Gasteiger partial charge in [-0.2, -0.15) is 0 Å². The highest BCUT2D eigenvalue weighted by atomic mass is 16.6. The van der Waals surface area contributed by atoms with Gasteiger partial charge < -0.3 is 9.84 Å². The normalized spacial score (nSPS) is 11.8. The van der Waals surface area contributed by atoms with Crippen LogP contribution in [0, 0.1) is 10.1 Å². The van der Waals surface area contributed by atoms with Gasteiger partial charge in [-0.3, -0.25) is 14.9 Å². The molecule has 0 amide bonds. The minimum absolute atomic E-state index is 0.0294. The van der Waals surface area contributed by atoms with Crippen LogP contribution in [0.2, 0.25) is 0 Å². The average molecular weight is 225 g/mol. The second kappa shape index (κ2) is 5.11. The van der Waals surface area contributed by atoms with Gasteiger partial charge in [0.15, 0.2) is 0 Å². The Hall–Kier alpha value is -2.11. The first kappa shape index (κ1) is 12.0. The van der Waals surface area contributed by atoms with E-state index in [2.05, 4.69) is 0 Å². The lowest BCUT2D eigenvalue weighted by Gasteiger charge is -2.11. The lowest BCUT2D eigenvalue weighted by molar-refractivity contribution is -0.384. The van der Waals surface area contributed by atoms with Gasteiger partial charge in [-0.15, -0.1) is 0 Å². The number of nitro groups is 1. The van der Waals surface area contributed by atoms with E-state index in [1.54, 1.807) is 6.92 Å². The number of nitro benzene ring substituents is 1. The van der Waals surface area contributed by atoms with E-state index in [4.69, 9.17) is 9.84 Å². The first-order valence-electron chi connectivity index (χ1n) is 4.62. The smallest absolute Gasteiger partial charge is 0.307 e. The summed E-state index contributed by atoms with van der Waals surface area (Å²) in [7, 11) is 0. The molecule has 1 aromatic carbocycles. The number of nitrogens with zero attached hydrogens (tertiary/aromatic N) is 1. The monoisotopic (exact) mass is 225 g/mol. The summed E-state index contributed by atoms with van der Waals surface area (Å²) in [5.74, 6) is -0.534. The zero-order valence-corrected chi connectivity index (χ0v) is 8.62. The van der Waals surface area contributed by atoms with E-state index in [9.17, 15) is 14.9 Å². The topological polar surface area (TPSA) is 89.7 Å². The van der Waals surface area contributed by atoms with Crippen molar-refractivity contribution < 1.29 is 19.6 Å². The molecule has 0 spiro atoms. The average Bonchev–Trinajstić information content (AvgIpc) is 2.16. The number of carbonyl (C=O) groups is 1. The second-order valence-electron chi connectivity index (χ2n) is 3.28. The molecule has 0 aliphatic heterocycles. The van der Waals surface area contributed by atoms with Crippen molar-refractivity contribution in [3.63, 3.8) is 0 Å². The maximum absolute atomic E-state index is 10.4. The van der Waals surface area contributed by atoms with E-state index in [0.29, 0.717) is 5.75 Å². The summed E-state index contributed by atoms with van der Waals surface area (Å²) in [5.41, 5.74) is -0.0294. The van der Waals surface area contributed by atoms with Crippen LogP contribution in [0.4, 0.5) is 5.69 Å². The number of hydrogen-bond donors (Lipinski definition) is 1. The first-order chi connectivity index (χ1) is 7.49. The van der Waals surface area contributed by atoms with E-state index in [1.807, 2.05) is 0 Å². The van der Waals surface area contributed by atoms with Gasteiger partial charge in [0, 0.05) is 12.1 Å². The van der Waals surface area contributed by atoms with Crippen LogP contribution in [0.15, 0.2) is 24.3 Å². The van der Waals surface area contributed by atoms with Gasteiger partial charge in [0.25, 0.3) is 5.69 Å². The molecule has 0 aromatic heterocycles. The Morgan fingerprint density at radius 1 is 1.50 bits per heavy atom. The Bertz CT molecular complexity index is 387.